The zero-order valence-corrected chi connectivity index (χ0v) is 13.2. The van der Waals surface area contributed by atoms with Crippen molar-refractivity contribution in [3.8, 4) is 0 Å². The summed E-state index contributed by atoms with van der Waals surface area (Å²) in [6, 6.07) is 10.5. The first-order valence-electron chi connectivity index (χ1n) is 7.33. The minimum Gasteiger partial charge on any atom is -0.372 e. The van der Waals surface area contributed by atoms with Crippen LogP contribution in [0.15, 0.2) is 36.7 Å². The second-order valence-electron chi connectivity index (χ2n) is 5.46. The molecule has 21 heavy (non-hydrogen) atoms. The first-order chi connectivity index (χ1) is 10.1. The molecule has 1 N–H and O–H groups in total. The molecule has 0 fully saturated rings. The Hall–Kier alpha value is -1.72. The van der Waals surface area contributed by atoms with Crippen LogP contribution in [-0.2, 0) is 18.4 Å². The standard InChI is InChI=1S/C16H24N4O/c1-12(18-13(2)16-17-11-20(4)19-16)14(3)21-10-15-8-6-5-7-9-15/h5-9,11-14,18H,10H2,1-4H3. The van der Waals surface area contributed by atoms with Crippen LogP contribution in [0.2, 0.25) is 0 Å². The fourth-order valence-corrected chi connectivity index (χ4v) is 2.10. The van der Waals surface area contributed by atoms with Gasteiger partial charge in [0.15, 0.2) is 5.82 Å². The maximum Gasteiger partial charge on any atom is 0.167 e. The number of hydrogen-bond acceptors (Lipinski definition) is 4. The molecule has 114 valence electrons. The van der Waals surface area contributed by atoms with Crippen LogP contribution in [0, 0.1) is 0 Å². The molecular weight excluding hydrogens is 264 g/mol. The van der Waals surface area contributed by atoms with Gasteiger partial charge in [0.25, 0.3) is 0 Å². The molecule has 3 unspecified atom stereocenters. The number of rotatable bonds is 7. The third-order valence-corrected chi connectivity index (χ3v) is 3.58. The average Bonchev–Trinajstić information content (AvgIpc) is 2.92. The van der Waals surface area contributed by atoms with Gasteiger partial charge in [0.05, 0.1) is 18.8 Å². The number of nitrogens with zero attached hydrogens (tertiary/aromatic N) is 3. The quantitative estimate of drug-likeness (QED) is 0.850. The van der Waals surface area contributed by atoms with E-state index in [0.29, 0.717) is 6.61 Å². The highest BCUT2D eigenvalue weighted by Crippen LogP contribution is 2.11. The molecule has 1 aromatic carbocycles. The molecule has 5 heteroatoms. The van der Waals surface area contributed by atoms with Crippen LogP contribution >= 0.6 is 0 Å². The van der Waals surface area contributed by atoms with Gasteiger partial charge in [0.2, 0.25) is 0 Å². The first-order valence-corrected chi connectivity index (χ1v) is 7.33. The van der Waals surface area contributed by atoms with Crippen molar-refractivity contribution in [1.82, 2.24) is 20.1 Å². The monoisotopic (exact) mass is 288 g/mol. The van der Waals surface area contributed by atoms with E-state index >= 15 is 0 Å². The van der Waals surface area contributed by atoms with Gasteiger partial charge in [-0.25, -0.2) is 4.98 Å². The summed E-state index contributed by atoms with van der Waals surface area (Å²) >= 11 is 0. The second kappa shape index (κ2) is 7.33. The lowest BCUT2D eigenvalue weighted by molar-refractivity contribution is 0.0287. The van der Waals surface area contributed by atoms with E-state index in [-0.39, 0.29) is 18.2 Å². The molecule has 0 saturated heterocycles. The maximum absolute atomic E-state index is 5.92. The van der Waals surface area contributed by atoms with E-state index in [1.54, 1.807) is 11.0 Å². The predicted molar refractivity (Wildman–Crippen MR) is 82.7 cm³/mol. The molecule has 3 atom stereocenters. The lowest BCUT2D eigenvalue weighted by Gasteiger charge is -2.24. The van der Waals surface area contributed by atoms with Gasteiger partial charge >= 0.3 is 0 Å². The van der Waals surface area contributed by atoms with Crippen molar-refractivity contribution < 1.29 is 4.74 Å². The zero-order chi connectivity index (χ0) is 15.2. The third-order valence-electron chi connectivity index (χ3n) is 3.58. The van der Waals surface area contributed by atoms with Crippen LogP contribution in [0.4, 0.5) is 0 Å². The van der Waals surface area contributed by atoms with E-state index in [9.17, 15) is 0 Å². The smallest absolute Gasteiger partial charge is 0.167 e. The molecular formula is C16H24N4O. The number of nitrogens with one attached hydrogen (secondary N) is 1. The summed E-state index contributed by atoms with van der Waals surface area (Å²) in [5.41, 5.74) is 1.19. The molecule has 0 aliphatic heterocycles. The second-order valence-corrected chi connectivity index (χ2v) is 5.46. The minimum absolute atomic E-state index is 0.101. The molecule has 0 saturated carbocycles. The summed E-state index contributed by atoms with van der Waals surface area (Å²) < 4.78 is 7.64. The van der Waals surface area contributed by atoms with E-state index in [1.807, 2.05) is 25.2 Å². The lowest BCUT2D eigenvalue weighted by atomic mass is 10.1. The lowest BCUT2D eigenvalue weighted by Crippen LogP contribution is -2.39. The minimum atomic E-state index is 0.101. The normalized spacial score (nSPS) is 15.6. The molecule has 2 aromatic rings. The molecule has 2 rings (SSSR count). The molecule has 0 bridgehead atoms. The molecule has 0 aliphatic carbocycles. The van der Waals surface area contributed by atoms with Crippen LogP contribution in [0.3, 0.4) is 0 Å². The topological polar surface area (TPSA) is 52.0 Å². The first kappa shape index (κ1) is 15.7. The van der Waals surface area contributed by atoms with Gasteiger partial charge < -0.3 is 10.1 Å². The van der Waals surface area contributed by atoms with E-state index in [0.717, 1.165) is 5.82 Å². The Bertz CT molecular complexity index is 540. The maximum atomic E-state index is 5.92. The highest BCUT2D eigenvalue weighted by molar-refractivity contribution is 5.13. The van der Waals surface area contributed by atoms with Crippen molar-refractivity contribution in [2.45, 2.75) is 45.6 Å². The van der Waals surface area contributed by atoms with Crippen molar-refractivity contribution in [3.63, 3.8) is 0 Å². The highest BCUT2D eigenvalue weighted by Gasteiger charge is 2.18. The SMILES string of the molecule is CC(NC(C)C(C)OCc1ccccc1)c1ncn(C)n1. The molecule has 5 nitrogen and oxygen atoms in total. The van der Waals surface area contributed by atoms with E-state index in [1.165, 1.54) is 5.56 Å². The fourth-order valence-electron chi connectivity index (χ4n) is 2.10. The van der Waals surface area contributed by atoms with Gasteiger partial charge in [-0.1, -0.05) is 30.3 Å². The Labute approximate surface area is 126 Å². The Morgan fingerprint density at radius 2 is 1.90 bits per heavy atom. The summed E-state index contributed by atoms with van der Waals surface area (Å²) in [5, 5.41) is 7.80. The number of aryl methyl sites for hydroxylation is 1. The van der Waals surface area contributed by atoms with Crippen LogP contribution in [0.5, 0.6) is 0 Å². The van der Waals surface area contributed by atoms with Crippen molar-refractivity contribution in [1.29, 1.82) is 0 Å². The Morgan fingerprint density at radius 1 is 1.19 bits per heavy atom. The molecule has 0 aliphatic rings. The van der Waals surface area contributed by atoms with Crippen LogP contribution in [0.25, 0.3) is 0 Å². The summed E-state index contributed by atoms with van der Waals surface area (Å²) in [4.78, 5) is 4.27. The highest BCUT2D eigenvalue weighted by atomic mass is 16.5. The Morgan fingerprint density at radius 3 is 2.52 bits per heavy atom. The third kappa shape index (κ3) is 4.65. The summed E-state index contributed by atoms with van der Waals surface area (Å²) in [6.07, 6.45) is 1.82. The zero-order valence-electron chi connectivity index (χ0n) is 13.2. The van der Waals surface area contributed by atoms with Crippen molar-refractivity contribution in [3.05, 3.63) is 48.0 Å². The van der Waals surface area contributed by atoms with Gasteiger partial charge in [-0.3, -0.25) is 4.68 Å². The summed E-state index contributed by atoms with van der Waals surface area (Å²) in [7, 11) is 1.87. The Balaban J connectivity index is 1.80. The van der Waals surface area contributed by atoms with Gasteiger partial charge in [-0.05, 0) is 26.3 Å². The van der Waals surface area contributed by atoms with Crippen molar-refractivity contribution in [2.24, 2.45) is 7.05 Å². The predicted octanol–water partition coefficient (Wildman–Crippen LogP) is 2.46. The van der Waals surface area contributed by atoms with Crippen LogP contribution in [0.1, 0.15) is 38.2 Å². The van der Waals surface area contributed by atoms with E-state index < -0.39 is 0 Å². The van der Waals surface area contributed by atoms with E-state index in [4.69, 9.17) is 4.74 Å². The van der Waals surface area contributed by atoms with E-state index in [2.05, 4.69) is 48.3 Å². The Kier molecular flexibility index (Phi) is 5.47. The van der Waals surface area contributed by atoms with Crippen molar-refractivity contribution >= 4 is 0 Å². The van der Waals surface area contributed by atoms with Gasteiger partial charge in [0, 0.05) is 13.1 Å². The molecule has 0 amide bonds. The summed E-state index contributed by atoms with van der Waals surface area (Å²) in [6.45, 7) is 6.90. The van der Waals surface area contributed by atoms with Crippen molar-refractivity contribution in [2.75, 3.05) is 0 Å². The number of hydrogen-bond donors (Lipinski definition) is 1. The van der Waals surface area contributed by atoms with Crippen LogP contribution < -0.4 is 5.32 Å². The number of benzene rings is 1. The van der Waals surface area contributed by atoms with Gasteiger partial charge in [0.1, 0.15) is 6.33 Å². The number of ether oxygens (including phenoxy) is 1. The fraction of sp³-hybridized carbons (Fsp3) is 0.500. The molecule has 0 spiro atoms. The largest absolute Gasteiger partial charge is 0.372 e. The molecule has 0 radical (unpaired) electrons. The number of aromatic nitrogens is 3. The molecule has 1 heterocycles. The summed E-state index contributed by atoms with van der Waals surface area (Å²) in [5.74, 6) is 0.805. The van der Waals surface area contributed by atoms with Gasteiger partial charge in [-0.2, -0.15) is 5.10 Å². The van der Waals surface area contributed by atoms with Gasteiger partial charge in [-0.15, -0.1) is 0 Å². The molecule has 1 aromatic heterocycles. The van der Waals surface area contributed by atoms with Crippen LogP contribution in [-0.4, -0.2) is 26.9 Å². The average molecular weight is 288 g/mol.